The molecule has 1 aliphatic rings. The zero-order valence-electron chi connectivity index (χ0n) is 12.5. The molecule has 1 aromatic rings. The number of carbonyl (C=O) groups is 1. The van der Waals surface area contributed by atoms with Crippen molar-refractivity contribution in [3.63, 3.8) is 0 Å². The number of carbonyl (C=O) groups excluding carboxylic acids is 1. The highest BCUT2D eigenvalue weighted by Gasteiger charge is 2.21. The molecule has 0 radical (unpaired) electrons. The maximum absolute atomic E-state index is 12.2. The third-order valence-corrected chi connectivity index (χ3v) is 5.36. The number of hydrogen-bond acceptors (Lipinski definition) is 3. The highest BCUT2D eigenvalue weighted by Crippen LogP contribution is 2.22. The Morgan fingerprint density at radius 3 is 2.48 bits per heavy atom. The van der Waals surface area contributed by atoms with E-state index in [0.29, 0.717) is 13.0 Å². The lowest BCUT2D eigenvalue weighted by atomic mass is 10.1. The molecule has 0 unspecified atom stereocenters. The average Bonchev–Trinajstić information content (AvgIpc) is 2.47. The predicted molar refractivity (Wildman–Crippen MR) is 82.7 cm³/mol. The number of nitrogens with one attached hydrogen (secondary N) is 1. The van der Waals surface area contributed by atoms with Gasteiger partial charge in [0, 0.05) is 24.7 Å². The van der Waals surface area contributed by atoms with Crippen molar-refractivity contribution in [3.8, 4) is 0 Å². The van der Waals surface area contributed by atoms with Gasteiger partial charge in [0.2, 0.25) is 15.9 Å². The Kier molecular flexibility index (Phi) is 5.00. The molecule has 6 heteroatoms. The van der Waals surface area contributed by atoms with E-state index < -0.39 is 10.0 Å². The fourth-order valence-corrected chi connectivity index (χ4v) is 3.63. The molecule has 2 rings (SSSR count). The molecule has 0 bridgehead atoms. The van der Waals surface area contributed by atoms with Crippen LogP contribution in [-0.2, 0) is 14.8 Å². The van der Waals surface area contributed by atoms with Crippen LogP contribution < -0.4 is 9.62 Å². The summed E-state index contributed by atoms with van der Waals surface area (Å²) in [6, 6.07) is 6.42. The van der Waals surface area contributed by atoms with Crippen molar-refractivity contribution in [2.75, 3.05) is 11.4 Å². The topological polar surface area (TPSA) is 66.5 Å². The number of hydrogen-bond donors (Lipinski definition) is 1. The zero-order chi connectivity index (χ0) is 15.5. The van der Waals surface area contributed by atoms with Gasteiger partial charge in [-0.3, -0.25) is 4.79 Å². The Hall–Kier alpha value is -1.40. The highest BCUT2D eigenvalue weighted by atomic mass is 32.2. The Morgan fingerprint density at radius 2 is 1.90 bits per heavy atom. The number of benzene rings is 1. The van der Waals surface area contributed by atoms with Crippen LogP contribution in [0.4, 0.5) is 5.69 Å². The van der Waals surface area contributed by atoms with E-state index in [4.69, 9.17) is 0 Å². The summed E-state index contributed by atoms with van der Waals surface area (Å²) in [6.45, 7) is 4.46. The Morgan fingerprint density at radius 1 is 1.24 bits per heavy atom. The molecule has 0 aromatic heterocycles. The van der Waals surface area contributed by atoms with Crippen LogP contribution in [0.1, 0.15) is 39.5 Å². The van der Waals surface area contributed by atoms with Crippen LogP contribution in [0.25, 0.3) is 0 Å². The minimum Gasteiger partial charge on any atom is -0.312 e. The molecule has 1 atom stereocenters. The molecule has 1 aliphatic heterocycles. The van der Waals surface area contributed by atoms with E-state index in [1.54, 1.807) is 29.2 Å². The molecular formula is C15H22N2O3S. The van der Waals surface area contributed by atoms with E-state index >= 15 is 0 Å². The van der Waals surface area contributed by atoms with E-state index in [9.17, 15) is 13.2 Å². The second-order valence-electron chi connectivity index (χ2n) is 5.43. The fourth-order valence-electron chi connectivity index (χ4n) is 2.30. The van der Waals surface area contributed by atoms with Gasteiger partial charge in [0.25, 0.3) is 0 Å². The first-order valence-electron chi connectivity index (χ1n) is 7.37. The lowest BCUT2D eigenvalue weighted by Crippen LogP contribution is -2.35. The summed E-state index contributed by atoms with van der Waals surface area (Å²) in [6.07, 6.45) is 3.22. The van der Waals surface area contributed by atoms with E-state index in [2.05, 4.69) is 4.72 Å². The monoisotopic (exact) mass is 310 g/mol. The van der Waals surface area contributed by atoms with Gasteiger partial charge in [-0.05, 0) is 50.5 Å². The summed E-state index contributed by atoms with van der Waals surface area (Å²) in [5.41, 5.74) is 0.766. The summed E-state index contributed by atoms with van der Waals surface area (Å²) < 4.78 is 26.9. The third kappa shape index (κ3) is 3.83. The van der Waals surface area contributed by atoms with Gasteiger partial charge in [-0.2, -0.15) is 0 Å². The van der Waals surface area contributed by atoms with Crippen LogP contribution in [0.15, 0.2) is 29.2 Å². The van der Waals surface area contributed by atoms with E-state index in [1.807, 2.05) is 13.8 Å². The van der Waals surface area contributed by atoms with Crippen molar-refractivity contribution in [1.29, 1.82) is 0 Å². The molecule has 1 saturated heterocycles. The summed E-state index contributed by atoms with van der Waals surface area (Å²) in [5, 5.41) is 0. The molecular weight excluding hydrogens is 288 g/mol. The maximum Gasteiger partial charge on any atom is 0.240 e. The van der Waals surface area contributed by atoms with Crippen molar-refractivity contribution in [3.05, 3.63) is 24.3 Å². The standard InChI is InChI=1S/C15H22N2O3S/c1-3-12(2)16-21(19,20)14-9-7-13(8-10-14)17-11-5-4-6-15(17)18/h7-10,12,16H,3-6,11H2,1-2H3/t12-/m0/s1. The average molecular weight is 310 g/mol. The van der Waals surface area contributed by atoms with E-state index in [0.717, 1.165) is 24.9 Å². The summed E-state index contributed by atoms with van der Waals surface area (Å²) in [7, 11) is -3.49. The molecule has 0 spiro atoms. The number of rotatable bonds is 5. The largest absolute Gasteiger partial charge is 0.312 e. The first-order chi connectivity index (χ1) is 9.94. The minimum atomic E-state index is -3.49. The Balaban J connectivity index is 2.17. The van der Waals surface area contributed by atoms with Gasteiger partial charge in [-0.1, -0.05) is 6.92 Å². The van der Waals surface area contributed by atoms with Crippen LogP contribution in [0.3, 0.4) is 0 Å². The van der Waals surface area contributed by atoms with Crippen molar-refractivity contribution < 1.29 is 13.2 Å². The second kappa shape index (κ2) is 6.58. The molecule has 1 N–H and O–H groups in total. The molecule has 1 amide bonds. The normalized spacial score (nSPS) is 17.8. The molecule has 1 aromatic carbocycles. The van der Waals surface area contributed by atoms with Crippen LogP contribution >= 0.6 is 0 Å². The Bertz CT molecular complexity index is 596. The van der Waals surface area contributed by atoms with Crippen LogP contribution in [0.2, 0.25) is 0 Å². The number of anilines is 1. The lowest BCUT2D eigenvalue weighted by Gasteiger charge is -2.26. The Labute approximate surface area is 126 Å². The number of sulfonamides is 1. The summed E-state index contributed by atoms with van der Waals surface area (Å²) in [4.78, 5) is 13.8. The third-order valence-electron chi connectivity index (χ3n) is 3.75. The van der Waals surface area contributed by atoms with Gasteiger partial charge in [0.15, 0.2) is 0 Å². The maximum atomic E-state index is 12.2. The summed E-state index contributed by atoms with van der Waals surface area (Å²) in [5.74, 6) is 0.106. The second-order valence-corrected chi connectivity index (χ2v) is 7.14. The molecule has 0 aliphatic carbocycles. The van der Waals surface area contributed by atoms with Gasteiger partial charge in [0.1, 0.15) is 0 Å². The lowest BCUT2D eigenvalue weighted by molar-refractivity contribution is -0.119. The van der Waals surface area contributed by atoms with Crippen LogP contribution in [-0.4, -0.2) is 26.9 Å². The number of nitrogens with zero attached hydrogens (tertiary/aromatic N) is 1. The number of amides is 1. The highest BCUT2D eigenvalue weighted by molar-refractivity contribution is 7.89. The van der Waals surface area contributed by atoms with E-state index in [1.165, 1.54) is 0 Å². The molecule has 1 fully saturated rings. The van der Waals surface area contributed by atoms with Crippen molar-refractivity contribution in [1.82, 2.24) is 4.72 Å². The smallest absolute Gasteiger partial charge is 0.240 e. The van der Waals surface area contributed by atoms with E-state index in [-0.39, 0.29) is 16.8 Å². The first kappa shape index (κ1) is 16.0. The zero-order valence-corrected chi connectivity index (χ0v) is 13.3. The van der Waals surface area contributed by atoms with Gasteiger partial charge < -0.3 is 4.90 Å². The molecule has 1 heterocycles. The molecule has 0 saturated carbocycles. The van der Waals surface area contributed by atoms with Crippen LogP contribution in [0.5, 0.6) is 0 Å². The minimum absolute atomic E-state index is 0.0988. The van der Waals surface area contributed by atoms with Gasteiger partial charge in [0.05, 0.1) is 4.90 Å². The van der Waals surface area contributed by atoms with Gasteiger partial charge >= 0.3 is 0 Å². The SMILES string of the molecule is CC[C@H](C)NS(=O)(=O)c1ccc(N2CCCCC2=O)cc1. The van der Waals surface area contributed by atoms with Crippen molar-refractivity contribution >= 4 is 21.6 Å². The van der Waals surface area contributed by atoms with Gasteiger partial charge in [-0.15, -0.1) is 0 Å². The fraction of sp³-hybridized carbons (Fsp3) is 0.533. The van der Waals surface area contributed by atoms with Crippen LogP contribution in [0, 0.1) is 0 Å². The molecule has 5 nitrogen and oxygen atoms in total. The molecule has 116 valence electrons. The van der Waals surface area contributed by atoms with Crippen molar-refractivity contribution in [2.24, 2.45) is 0 Å². The van der Waals surface area contributed by atoms with Gasteiger partial charge in [-0.25, -0.2) is 13.1 Å². The predicted octanol–water partition coefficient (Wildman–Crippen LogP) is 2.28. The quantitative estimate of drug-likeness (QED) is 0.907. The van der Waals surface area contributed by atoms with Crippen molar-refractivity contribution in [2.45, 2.75) is 50.5 Å². The first-order valence-corrected chi connectivity index (χ1v) is 8.85. The summed E-state index contributed by atoms with van der Waals surface area (Å²) >= 11 is 0. The molecule has 21 heavy (non-hydrogen) atoms. The number of piperidine rings is 1.